The maximum Gasteiger partial charge on any atom is 0.0978 e. The molecule has 0 aliphatic heterocycles. The van der Waals surface area contributed by atoms with Crippen LogP contribution in [-0.4, -0.2) is 9.97 Å². The Morgan fingerprint density at radius 3 is 1.20 bits per heavy atom. The Labute approximate surface area is 260 Å². The summed E-state index contributed by atoms with van der Waals surface area (Å²) in [5.41, 5.74) is 16.0. The van der Waals surface area contributed by atoms with Crippen LogP contribution < -0.4 is 0 Å². The normalized spacial score (nSPS) is 11.4. The maximum atomic E-state index is 5.41. The first-order chi connectivity index (χ1) is 21.5. The molecule has 0 radical (unpaired) electrons. The zero-order valence-corrected chi connectivity index (χ0v) is 25.9. The summed E-state index contributed by atoms with van der Waals surface area (Å²) in [7, 11) is 0. The Morgan fingerprint density at radius 2 is 0.841 bits per heavy atom. The molecule has 0 aliphatic rings. The van der Waals surface area contributed by atoms with Crippen LogP contribution >= 0.6 is 0 Å². The third-order valence-electron chi connectivity index (χ3n) is 8.97. The molecule has 0 atom stereocenters. The maximum absolute atomic E-state index is 5.41. The molecule has 5 aromatic carbocycles. The average Bonchev–Trinajstić information content (AvgIpc) is 3.07. The molecule has 44 heavy (non-hydrogen) atoms. The van der Waals surface area contributed by atoms with Gasteiger partial charge in [-0.05, 0) is 95.5 Å². The number of aromatic nitrogens is 2. The number of rotatable bonds is 6. The fraction of sp³-hybridized carbons (Fsp3) is 0.143. The van der Waals surface area contributed by atoms with Gasteiger partial charge in [0.15, 0.2) is 0 Å². The summed E-state index contributed by atoms with van der Waals surface area (Å²) >= 11 is 0. The van der Waals surface area contributed by atoms with Gasteiger partial charge in [-0.3, -0.25) is 0 Å². The van der Waals surface area contributed by atoms with E-state index in [0.29, 0.717) is 0 Å². The highest BCUT2D eigenvalue weighted by molar-refractivity contribution is 6.13. The molecule has 2 heteroatoms. The lowest BCUT2D eigenvalue weighted by Gasteiger charge is -2.16. The van der Waals surface area contributed by atoms with Crippen LogP contribution in [0.1, 0.15) is 36.1 Å². The lowest BCUT2D eigenvalue weighted by molar-refractivity contribution is 1.11. The monoisotopic (exact) mass is 568 g/mol. The van der Waals surface area contributed by atoms with E-state index in [1.807, 2.05) is 0 Å². The van der Waals surface area contributed by atoms with E-state index in [2.05, 4.69) is 149 Å². The number of nitrogens with zero attached hydrogens (tertiary/aromatic N) is 2. The van der Waals surface area contributed by atoms with Crippen LogP contribution in [0.4, 0.5) is 0 Å². The smallest absolute Gasteiger partial charge is 0.0978 e. The summed E-state index contributed by atoms with van der Waals surface area (Å²) < 4.78 is 0. The number of hydrogen-bond donors (Lipinski definition) is 0. The topological polar surface area (TPSA) is 25.8 Å². The van der Waals surface area contributed by atoms with Crippen molar-refractivity contribution in [2.24, 2.45) is 0 Å². The molecule has 7 rings (SSSR count). The highest BCUT2D eigenvalue weighted by atomic mass is 14.8. The molecule has 0 N–H and O–H groups in total. The Kier molecular flexibility index (Phi) is 7.28. The Balaban J connectivity index is 1.58. The van der Waals surface area contributed by atoms with Crippen LogP contribution in [0, 0.1) is 13.8 Å². The van der Waals surface area contributed by atoms with Crippen molar-refractivity contribution in [1.29, 1.82) is 0 Å². The predicted molar refractivity (Wildman–Crippen MR) is 187 cm³/mol. The van der Waals surface area contributed by atoms with Gasteiger partial charge in [-0.1, -0.05) is 111 Å². The highest BCUT2D eigenvalue weighted by Crippen LogP contribution is 2.39. The first-order valence-corrected chi connectivity index (χ1v) is 15.6. The summed E-state index contributed by atoms with van der Waals surface area (Å²) in [6, 6.07) is 43.7. The van der Waals surface area contributed by atoms with Crippen molar-refractivity contribution in [3.05, 3.63) is 144 Å². The van der Waals surface area contributed by atoms with Gasteiger partial charge in [-0.2, -0.15) is 0 Å². The van der Waals surface area contributed by atoms with E-state index < -0.39 is 0 Å². The second-order valence-corrected chi connectivity index (χ2v) is 11.7. The summed E-state index contributed by atoms with van der Waals surface area (Å²) in [4.78, 5) is 10.8. The number of fused-ring (bicyclic) bond motifs is 3. The van der Waals surface area contributed by atoms with Crippen LogP contribution in [0.3, 0.4) is 0 Å². The summed E-state index contributed by atoms with van der Waals surface area (Å²) in [5.74, 6) is 0. The van der Waals surface area contributed by atoms with E-state index in [9.17, 15) is 0 Å². The Morgan fingerprint density at radius 1 is 0.432 bits per heavy atom. The lowest BCUT2D eigenvalue weighted by Crippen LogP contribution is -1.96. The van der Waals surface area contributed by atoms with E-state index in [4.69, 9.17) is 9.97 Å². The molecule has 0 saturated heterocycles. The van der Waals surface area contributed by atoms with Gasteiger partial charge in [0.2, 0.25) is 0 Å². The van der Waals surface area contributed by atoms with E-state index in [0.717, 1.165) is 57.2 Å². The van der Waals surface area contributed by atoms with Crippen molar-refractivity contribution in [1.82, 2.24) is 9.97 Å². The van der Waals surface area contributed by atoms with Gasteiger partial charge in [-0.15, -0.1) is 0 Å². The standard InChI is InChI=1S/C42H36N2/c1-5-29-17-19-33(23-27(29)3)39-25-37(31-13-9-7-10-14-31)35-21-22-36-38(32-15-11-8-12-16-32)26-40(44-42(36)41(35)43-39)34-20-18-30(6-2)28(4)24-34/h7-26H,5-6H2,1-4H3. The summed E-state index contributed by atoms with van der Waals surface area (Å²) in [5, 5.41) is 2.21. The van der Waals surface area contributed by atoms with Gasteiger partial charge < -0.3 is 0 Å². The van der Waals surface area contributed by atoms with Gasteiger partial charge in [0.25, 0.3) is 0 Å². The molecular formula is C42H36N2. The molecule has 2 nitrogen and oxygen atoms in total. The molecule has 0 unspecified atom stereocenters. The summed E-state index contributed by atoms with van der Waals surface area (Å²) in [6.07, 6.45) is 2.04. The molecule has 2 aromatic heterocycles. The van der Waals surface area contributed by atoms with Gasteiger partial charge in [0, 0.05) is 21.9 Å². The number of benzene rings is 5. The minimum Gasteiger partial charge on any atom is -0.245 e. The Bertz CT molecular complexity index is 1990. The number of hydrogen-bond acceptors (Lipinski definition) is 2. The second kappa shape index (κ2) is 11.5. The number of pyridine rings is 2. The van der Waals surface area contributed by atoms with Crippen LogP contribution in [0.15, 0.2) is 121 Å². The summed E-state index contributed by atoms with van der Waals surface area (Å²) in [6.45, 7) is 8.81. The second-order valence-electron chi connectivity index (χ2n) is 11.7. The van der Waals surface area contributed by atoms with Crippen molar-refractivity contribution in [2.75, 3.05) is 0 Å². The highest BCUT2D eigenvalue weighted by Gasteiger charge is 2.17. The molecule has 0 saturated carbocycles. The van der Waals surface area contributed by atoms with Gasteiger partial charge >= 0.3 is 0 Å². The first-order valence-electron chi connectivity index (χ1n) is 15.6. The molecule has 2 heterocycles. The Hall–Kier alpha value is -5.08. The van der Waals surface area contributed by atoms with Crippen molar-refractivity contribution in [3.8, 4) is 44.8 Å². The molecule has 0 fully saturated rings. The average molecular weight is 569 g/mol. The quantitative estimate of drug-likeness (QED) is 0.186. The van der Waals surface area contributed by atoms with Crippen molar-refractivity contribution < 1.29 is 0 Å². The van der Waals surface area contributed by atoms with Gasteiger partial charge in [0.05, 0.1) is 22.4 Å². The minimum atomic E-state index is 0.928. The third kappa shape index (κ3) is 4.97. The third-order valence-corrected chi connectivity index (χ3v) is 8.97. The number of aryl methyl sites for hydroxylation is 4. The fourth-order valence-electron chi connectivity index (χ4n) is 6.49. The predicted octanol–water partition coefficient (Wildman–Crippen LogP) is 11.2. The first kappa shape index (κ1) is 27.7. The molecule has 214 valence electrons. The zero-order valence-electron chi connectivity index (χ0n) is 25.9. The van der Waals surface area contributed by atoms with Gasteiger partial charge in [0.1, 0.15) is 0 Å². The fourth-order valence-corrected chi connectivity index (χ4v) is 6.49. The van der Waals surface area contributed by atoms with E-state index in [1.54, 1.807) is 0 Å². The molecule has 0 amide bonds. The van der Waals surface area contributed by atoms with Crippen LogP contribution in [0.2, 0.25) is 0 Å². The molecule has 0 spiro atoms. The molecule has 0 aliphatic carbocycles. The van der Waals surface area contributed by atoms with E-state index in [1.165, 1.54) is 44.5 Å². The van der Waals surface area contributed by atoms with E-state index in [-0.39, 0.29) is 0 Å². The molecular weight excluding hydrogens is 532 g/mol. The SMILES string of the molecule is CCc1ccc(-c2cc(-c3ccccc3)c3ccc4c(-c5ccccc5)cc(-c5ccc(CC)c(C)c5)nc4c3n2)cc1C. The molecule has 7 aromatic rings. The van der Waals surface area contributed by atoms with Crippen LogP contribution in [-0.2, 0) is 12.8 Å². The van der Waals surface area contributed by atoms with Crippen molar-refractivity contribution in [3.63, 3.8) is 0 Å². The van der Waals surface area contributed by atoms with E-state index >= 15 is 0 Å². The minimum absolute atomic E-state index is 0.928. The largest absolute Gasteiger partial charge is 0.245 e. The van der Waals surface area contributed by atoms with Crippen LogP contribution in [0.25, 0.3) is 66.6 Å². The van der Waals surface area contributed by atoms with Crippen molar-refractivity contribution in [2.45, 2.75) is 40.5 Å². The zero-order chi connectivity index (χ0) is 30.2. The van der Waals surface area contributed by atoms with Crippen molar-refractivity contribution >= 4 is 21.8 Å². The van der Waals surface area contributed by atoms with Crippen LogP contribution in [0.5, 0.6) is 0 Å². The molecule has 0 bridgehead atoms. The van der Waals surface area contributed by atoms with Gasteiger partial charge in [-0.25, -0.2) is 9.97 Å². The lowest BCUT2D eigenvalue weighted by atomic mass is 9.93.